The van der Waals surface area contributed by atoms with E-state index in [1.165, 1.54) is 30.0 Å². The molecule has 1 fully saturated rings. The number of rotatable bonds is 11. The Morgan fingerprint density at radius 2 is 1.81 bits per heavy atom. The molecule has 1 aromatic carbocycles. The van der Waals surface area contributed by atoms with E-state index in [-0.39, 0.29) is 60.2 Å². The topological polar surface area (TPSA) is 114 Å². The SMILES string of the molecule is COc1ccc(S(=O)(=O)N(CCO)CCO[C@@H]2C[C@H](C(C)(C)C)C=C(C(=O)NC3CCCCC3)O2)cc1. The molecular formula is C27H42N2O7S. The van der Waals surface area contributed by atoms with Gasteiger partial charge in [0.15, 0.2) is 5.76 Å². The molecule has 0 aromatic heterocycles. The Bertz CT molecular complexity index is 1010. The van der Waals surface area contributed by atoms with Gasteiger partial charge < -0.3 is 24.6 Å². The quantitative estimate of drug-likeness (QED) is 0.444. The minimum Gasteiger partial charge on any atom is -0.497 e. The maximum Gasteiger partial charge on any atom is 0.286 e. The van der Waals surface area contributed by atoms with Crippen LogP contribution in [0.4, 0.5) is 0 Å². The van der Waals surface area contributed by atoms with E-state index < -0.39 is 16.3 Å². The monoisotopic (exact) mass is 538 g/mol. The number of benzene rings is 1. The fourth-order valence-corrected chi connectivity index (χ4v) is 6.09. The van der Waals surface area contributed by atoms with Gasteiger partial charge in [0.25, 0.3) is 5.91 Å². The van der Waals surface area contributed by atoms with Crippen LogP contribution in [0.2, 0.25) is 0 Å². The molecule has 0 unspecified atom stereocenters. The van der Waals surface area contributed by atoms with E-state index in [1.807, 2.05) is 6.08 Å². The number of hydrogen-bond donors (Lipinski definition) is 2. The predicted molar refractivity (Wildman–Crippen MR) is 140 cm³/mol. The fraction of sp³-hybridized carbons (Fsp3) is 0.667. The van der Waals surface area contributed by atoms with Gasteiger partial charge >= 0.3 is 0 Å². The van der Waals surface area contributed by atoms with Gasteiger partial charge in [-0.25, -0.2) is 8.42 Å². The Hall–Kier alpha value is -2.14. The minimum atomic E-state index is -3.84. The zero-order valence-corrected chi connectivity index (χ0v) is 23.3. The van der Waals surface area contributed by atoms with Gasteiger partial charge in [-0.3, -0.25) is 4.79 Å². The third kappa shape index (κ3) is 8.17. The molecule has 2 N–H and O–H groups in total. The Morgan fingerprint density at radius 1 is 1.14 bits per heavy atom. The van der Waals surface area contributed by atoms with E-state index in [9.17, 15) is 18.3 Å². The summed E-state index contributed by atoms with van der Waals surface area (Å²) in [6.45, 7) is 6.02. The smallest absolute Gasteiger partial charge is 0.286 e. The molecule has 1 aromatic rings. The molecule has 10 heteroatoms. The molecule has 0 saturated heterocycles. The second kappa shape index (κ2) is 13.1. The van der Waals surface area contributed by atoms with Gasteiger partial charge in [0, 0.05) is 25.6 Å². The van der Waals surface area contributed by atoms with Crippen LogP contribution in [0.3, 0.4) is 0 Å². The molecule has 1 amide bonds. The Kier molecular flexibility index (Phi) is 10.4. The molecule has 2 atom stereocenters. The number of carbonyl (C=O) groups excluding carboxylic acids is 1. The average Bonchev–Trinajstić information content (AvgIpc) is 2.88. The largest absolute Gasteiger partial charge is 0.497 e. The summed E-state index contributed by atoms with van der Waals surface area (Å²) >= 11 is 0. The third-order valence-electron chi connectivity index (χ3n) is 7.02. The van der Waals surface area contributed by atoms with Crippen molar-refractivity contribution in [1.29, 1.82) is 0 Å². The van der Waals surface area contributed by atoms with Crippen LogP contribution in [0.15, 0.2) is 41.0 Å². The van der Waals surface area contributed by atoms with Crippen molar-refractivity contribution in [2.24, 2.45) is 11.3 Å². The van der Waals surface area contributed by atoms with Crippen molar-refractivity contribution in [3.05, 3.63) is 36.1 Å². The number of methoxy groups -OCH3 is 1. The maximum atomic E-state index is 13.1. The number of amides is 1. The molecule has 37 heavy (non-hydrogen) atoms. The molecular weight excluding hydrogens is 496 g/mol. The molecule has 0 spiro atoms. The lowest BCUT2D eigenvalue weighted by Gasteiger charge is -2.36. The van der Waals surface area contributed by atoms with Crippen molar-refractivity contribution in [3.8, 4) is 5.75 Å². The summed E-state index contributed by atoms with van der Waals surface area (Å²) in [4.78, 5) is 13.1. The van der Waals surface area contributed by atoms with Crippen molar-refractivity contribution >= 4 is 15.9 Å². The van der Waals surface area contributed by atoms with Crippen LogP contribution in [0.1, 0.15) is 59.3 Å². The Labute approximate surface area is 221 Å². The van der Waals surface area contributed by atoms with E-state index in [1.54, 1.807) is 12.1 Å². The highest BCUT2D eigenvalue weighted by Gasteiger charge is 2.35. The lowest BCUT2D eigenvalue weighted by Crippen LogP contribution is -2.41. The highest BCUT2D eigenvalue weighted by atomic mass is 32.2. The van der Waals surface area contributed by atoms with Gasteiger partial charge in [0.1, 0.15) is 5.75 Å². The van der Waals surface area contributed by atoms with Crippen molar-refractivity contribution in [2.75, 3.05) is 33.4 Å². The van der Waals surface area contributed by atoms with Crippen LogP contribution in [-0.4, -0.2) is 69.5 Å². The molecule has 1 saturated carbocycles. The van der Waals surface area contributed by atoms with E-state index >= 15 is 0 Å². The van der Waals surface area contributed by atoms with Crippen molar-refractivity contribution in [1.82, 2.24) is 9.62 Å². The predicted octanol–water partition coefficient (Wildman–Crippen LogP) is 3.44. The first kappa shape index (κ1) is 29.4. The van der Waals surface area contributed by atoms with Crippen LogP contribution in [0.25, 0.3) is 0 Å². The van der Waals surface area contributed by atoms with E-state index in [0.717, 1.165) is 25.7 Å². The first-order chi connectivity index (χ1) is 17.5. The van der Waals surface area contributed by atoms with E-state index in [0.29, 0.717) is 12.2 Å². The van der Waals surface area contributed by atoms with E-state index in [2.05, 4.69) is 26.1 Å². The summed E-state index contributed by atoms with van der Waals surface area (Å²) in [6.07, 6.45) is 7.15. The molecule has 0 bridgehead atoms. The highest BCUT2D eigenvalue weighted by Crippen LogP contribution is 2.36. The van der Waals surface area contributed by atoms with Crippen LogP contribution in [0.5, 0.6) is 5.75 Å². The van der Waals surface area contributed by atoms with Gasteiger partial charge in [0.05, 0.1) is 25.2 Å². The Morgan fingerprint density at radius 3 is 2.41 bits per heavy atom. The van der Waals surface area contributed by atoms with Crippen molar-refractivity contribution in [2.45, 2.75) is 76.5 Å². The second-order valence-electron chi connectivity index (χ2n) is 10.8. The standard InChI is InChI=1S/C27H42N2O7S/c1-27(2,3)20-18-24(26(31)28-21-8-6-5-7-9-21)36-25(19-20)35-17-15-29(14-16-30)37(32,33)23-12-10-22(34-4)11-13-23/h10-13,18,20-21,25,30H,5-9,14-17,19H2,1-4H3,(H,28,31)/t20-,25+/m1/s1. The van der Waals surface area contributed by atoms with E-state index in [4.69, 9.17) is 14.2 Å². The minimum absolute atomic E-state index is 0.0300. The number of nitrogens with zero attached hydrogens (tertiary/aromatic N) is 1. The summed E-state index contributed by atoms with van der Waals surface area (Å²) in [7, 11) is -2.33. The van der Waals surface area contributed by atoms with Crippen LogP contribution in [0, 0.1) is 11.3 Å². The van der Waals surface area contributed by atoms with Gasteiger partial charge in [-0.1, -0.05) is 40.0 Å². The van der Waals surface area contributed by atoms with Gasteiger partial charge in [-0.2, -0.15) is 4.31 Å². The maximum absolute atomic E-state index is 13.1. The molecule has 1 heterocycles. The molecule has 1 aliphatic carbocycles. The summed E-state index contributed by atoms with van der Waals surface area (Å²) in [5.41, 5.74) is -0.109. The molecule has 0 radical (unpaired) electrons. The number of hydrogen-bond acceptors (Lipinski definition) is 7. The van der Waals surface area contributed by atoms with Crippen LogP contribution >= 0.6 is 0 Å². The lowest BCUT2D eigenvalue weighted by molar-refractivity contribution is -0.153. The Balaban J connectivity index is 1.64. The number of nitrogens with one attached hydrogen (secondary N) is 1. The fourth-order valence-electron chi connectivity index (χ4n) is 4.67. The zero-order valence-electron chi connectivity index (χ0n) is 22.4. The molecule has 9 nitrogen and oxygen atoms in total. The zero-order chi connectivity index (χ0) is 27.1. The van der Waals surface area contributed by atoms with Crippen LogP contribution < -0.4 is 10.1 Å². The highest BCUT2D eigenvalue weighted by molar-refractivity contribution is 7.89. The summed E-state index contributed by atoms with van der Waals surface area (Å²) in [5, 5.41) is 12.6. The summed E-state index contributed by atoms with van der Waals surface area (Å²) in [5.74, 6) is 0.642. The van der Waals surface area contributed by atoms with Crippen molar-refractivity contribution in [3.63, 3.8) is 0 Å². The van der Waals surface area contributed by atoms with Crippen molar-refractivity contribution < 1.29 is 32.5 Å². The normalized spacial score (nSPS) is 21.3. The molecule has 1 aliphatic heterocycles. The molecule has 2 aliphatic rings. The van der Waals surface area contributed by atoms with Gasteiger partial charge in [0.2, 0.25) is 16.3 Å². The number of aliphatic hydroxyl groups excluding tert-OH is 1. The van der Waals surface area contributed by atoms with Crippen LogP contribution in [-0.2, 0) is 24.3 Å². The number of aliphatic hydroxyl groups is 1. The summed E-state index contributed by atoms with van der Waals surface area (Å²) < 4.78 is 44.5. The van der Waals surface area contributed by atoms with Gasteiger partial charge in [-0.05, 0) is 54.5 Å². The number of sulfonamides is 1. The third-order valence-corrected chi connectivity index (χ3v) is 8.94. The summed E-state index contributed by atoms with van der Waals surface area (Å²) in [6, 6.07) is 6.26. The lowest BCUT2D eigenvalue weighted by atomic mass is 9.77. The average molecular weight is 539 g/mol. The first-order valence-electron chi connectivity index (χ1n) is 13.1. The molecule has 3 rings (SSSR count). The van der Waals surface area contributed by atoms with Gasteiger partial charge in [-0.15, -0.1) is 0 Å². The number of carbonyl (C=O) groups is 1. The second-order valence-corrected chi connectivity index (χ2v) is 12.7. The number of allylic oxidation sites excluding steroid dienone is 1. The number of ether oxygens (including phenoxy) is 3. The molecule has 208 valence electrons. The first-order valence-corrected chi connectivity index (χ1v) is 14.5.